The molecule has 3 amide bonds. The molecule has 7 nitrogen and oxygen atoms in total. The second-order valence-corrected chi connectivity index (χ2v) is 7.85. The number of nitrogens with one attached hydrogen (secondary N) is 1. The molecule has 1 aromatic heterocycles. The van der Waals surface area contributed by atoms with Crippen LogP contribution in [0.4, 0.5) is 4.79 Å². The Bertz CT molecular complexity index is 762. The zero-order valence-electron chi connectivity index (χ0n) is 16.6. The van der Waals surface area contributed by atoms with Crippen LogP contribution in [0.3, 0.4) is 0 Å². The van der Waals surface area contributed by atoms with Crippen LogP contribution in [0, 0.1) is 13.8 Å². The highest BCUT2D eigenvalue weighted by Gasteiger charge is 2.51. The summed E-state index contributed by atoms with van der Waals surface area (Å²) < 4.78 is 7.29. The number of hydrogen-bond donors (Lipinski definition) is 1. The summed E-state index contributed by atoms with van der Waals surface area (Å²) >= 11 is 0. The van der Waals surface area contributed by atoms with Gasteiger partial charge in [-0.25, -0.2) is 4.79 Å². The number of Topliss-reactive ketones (excluding diaryl/α,β-unsaturated/α-hetero) is 1. The van der Waals surface area contributed by atoms with E-state index in [4.69, 9.17) is 4.74 Å². The summed E-state index contributed by atoms with van der Waals surface area (Å²) in [7, 11) is 1.65. The van der Waals surface area contributed by atoms with Crippen molar-refractivity contribution in [2.75, 3.05) is 20.3 Å². The van der Waals surface area contributed by atoms with E-state index in [1.807, 2.05) is 26.8 Å². The molecule has 0 unspecified atom stereocenters. The van der Waals surface area contributed by atoms with Crippen molar-refractivity contribution < 1.29 is 19.1 Å². The number of carbonyl (C=O) groups is 3. The first-order valence-corrected chi connectivity index (χ1v) is 9.65. The topological polar surface area (TPSA) is 80.6 Å². The first-order valence-electron chi connectivity index (χ1n) is 9.65. The molecule has 1 aromatic rings. The predicted octanol–water partition coefficient (Wildman–Crippen LogP) is 2.75. The molecule has 1 spiro atoms. The van der Waals surface area contributed by atoms with E-state index in [1.165, 1.54) is 0 Å². The van der Waals surface area contributed by atoms with Crippen molar-refractivity contribution in [1.29, 1.82) is 0 Å². The fourth-order valence-electron chi connectivity index (χ4n) is 4.60. The number of methoxy groups -OCH3 is 1. The van der Waals surface area contributed by atoms with Crippen LogP contribution in [0.2, 0.25) is 0 Å². The maximum atomic E-state index is 12.9. The summed E-state index contributed by atoms with van der Waals surface area (Å²) in [4.78, 5) is 39.3. The molecule has 148 valence electrons. The van der Waals surface area contributed by atoms with Gasteiger partial charge in [-0.1, -0.05) is 19.3 Å². The Morgan fingerprint density at radius 1 is 1.26 bits per heavy atom. The molecule has 27 heavy (non-hydrogen) atoms. The number of ether oxygens (including phenoxy) is 1. The smallest absolute Gasteiger partial charge is 0.325 e. The molecule has 2 heterocycles. The Morgan fingerprint density at radius 3 is 2.56 bits per heavy atom. The lowest BCUT2D eigenvalue weighted by Gasteiger charge is -2.30. The highest BCUT2D eigenvalue weighted by Crippen LogP contribution is 2.34. The maximum Gasteiger partial charge on any atom is 0.325 e. The van der Waals surface area contributed by atoms with Gasteiger partial charge in [0.1, 0.15) is 5.54 Å². The van der Waals surface area contributed by atoms with Crippen molar-refractivity contribution in [3.05, 3.63) is 23.0 Å². The largest absolute Gasteiger partial charge is 0.383 e. The Balaban J connectivity index is 1.79. The molecule has 3 rings (SSSR count). The van der Waals surface area contributed by atoms with Crippen molar-refractivity contribution >= 4 is 17.7 Å². The number of aromatic nitrogens is 1. The number of rotatable bonds is 6. The van der Waals surface area contributed by atoms with Crippen LogP contribution in [0.25, 0.3) is 0 Å². The van der Waals surface area contributed by atoms with Gasteiger partial charge < -0.3 is 14.6 Å². The lowest BCUT2D eigenvalue weighted by molar-refractivity contribution is -0.132. The minimum atomic E-state index is -0.792. The molecular weight excluding hydrogens is 346 g/mol. The maximum absolute atomic E-state index is 12.9. The van der Waals surface area contributed by atoms with Gasteiger partial charge in [0.2, 0.25) is 0 Å². The zero-order chi connectivity index (χ0) is 19.8. The SMILES string of the molecule is COC[C@H](C)n1c(C)cc(C(=O)CN2C(=O)NC3(CCCCC3)C2=O)c1C. The molecule has 1 aliphatic carbocycles. The zero-order valence-corrected chi connectivity index (χ0v) is 16.6. The van der Waals surface area contributed by atoms with E-state index in [9.17, 15) is 14.4 Å². The van der Waals surface area contributed by atoms with E-state index in [1.54, 1.807) is 7.11 Å². The minimum Gasteiger partial charge on any atom is -0.383 e. The van der Waals surface area contributed by atoms with Crippen LogP contribution >= 0.6 is 0 Å². The van der Waals surface area contributed by atoms with E-state index >= 15 is 0 Å². The van der Waals surface area contributed by atoms with Crippen LogP contribution in [0.1, 0.15) is 66.8 Å². The summed E-state index contributed by atoms with van der Waals surface area (Å²) in [5.41, 5.74) is 1.56. The Kier molecular flexibility index (Phi) is 5.42. The summed E-state index contributed by atoms with van der Waals surface area (Å²) in [6, 6.07) is 1.48. The number of carbonyl (C=O) groups excluding carboxylic acids is 3. The second kappa shape index (κ2) is 7.46. The first-order chi connectivity index (χ1) is 12.8. The molecule has 1 aliphatic heterocycles. The fourth-order valence-corrected chi connectivity index (χ4v) is 4.60. The molecule has 0 radical (unpaired) electrons. The van der Waals surface area contributed by atoms with E-state index < -0.39 is 11.6 Å². The average Bonchev–Trinajstić information content (AvgIpc) is 3.04. The quantitative estimate of drug-likeness (QED) is 0.612. The van der Waals surface area contributed by atoms with Gasteiger partial charge in [-0.2, -0.15) is 0 Å². The van der Waals surface area contributed by atoms with Gasteiger partial charge in [0, 0.05) is 24.1 Å². The molecule has 0 bridgehead atoms. The molecular formula is C20H29N3O4. The lowest BCUT2D eigenvalue weighted by Crippen LogP contribution is -2.48. The standard InChI is InChI=1S/C20H29N3O4/c1-13-10-16(15(3)23(13)14(2)12-27-4)17(24)11-22-18(25)20(21-19(22)26)8-6-5-7-9-20/h10,14H,5-9,11-12H2,1-4H3,(H,21,26)/t14-/m0/s1. The third kappa shape index (κ3) is 3.40. The van der Waals surface area contributed by atoms with Crippen LogP contribution in [0.5, 0.6) is 0 Å². The molecule has 1 saturated heterocycles. The summed E-state index contributed by atoms with van der Waals surface area (Å²) in [5, 5.41) is 2.86. The monoisotopic (exact) mass is 375 g/mol. The lowest BCUT2D eigenvalue weighted by atomic mass is 9.82. The Labute approximate surface area is 160 Å². The first kappa shape index (κ1) is 19.6. The van der Waals surface area contributed by atoms with Crippen LogP contribution < -0.4 is 5.32 Å². The van der Waals surface area contributed by atoms with Crippen molar-refractivity contribution in [2.45, 2.75) is 64.5 Å². The van der Waals surface area contributed by atoms with Crippen LogP contribution in [-0.4, -0.2) is 53.0 Å². The summed E-state index contributed by atoms with van der Waals surface area (Å²) in [6.45, 7) is 6.19. The van der Waals surface area contributed by atoms with Gasteiger partial charge >= 0.3 is 6.03 Å². The third-order valence-electron chi connectivity index (χ3n) is 5.89. The number of amides is 3. The van der Waals surface area contributed by atoms with Gasteiger partial charge in [0.15, 0.2) is 5.78 Å². The highest BCUT2D eigenvalue weighted by molar-refractivity contribution is 6.11. The van der Waals surface area contributed by atoms with Gasteiger partial charge in [-0.05, 0) is 39.7 Å². The average molecular weight is 375 g/mol. The Hall–Kier alpha value is -2.15. The summed E-state index contributed by atoms with van der Waals surface area (Å²) in [6.07, 6.45) is 4.24. The van der Waals surface area contributed by atoms with Crippen molar-refractivity contribution in [2.24, 2.45) is 0 Å². The number of nitrogens with zero attached hydrogens (tertiary/aromatic N) is 2. The molecule has 1 saturated carbocycles. The van der Waals surface area contributed by atoms with Gasteiger partial charge in [0.05, 0.1) is 19.2 Å². The predicted molar refractivity (Wildman–Crippen MR) is 101 cm³/mol. The number of imide groups is 1. The molecule has 2 fully saturated rings. The van der Waals surface area contributed by atoms with Gasteiger partial charge in [-0.3, -0.25) is 14.5 Å². The molecule has 0 aromatic carbocycles. The third-order valence-corrected chi connectivity index (χ3v) is 5.89. The Morgan fingerprint density at radius 2 is 1.93 bits per heavy atom. The van der Waals surface area contributed by atoms with Crippen LogP contribution in [-0.2, 0) is 9.53 Å². The minimum absolute atomic E-state index is 0.0961. The molecule has 1 atom stereocenters. The fraction of sp³-hybridized carbons (Fsp3) is 0.650. The second-order valence-electron chi connectivity index (χ2n) is 7.85. The van der Waals surface area contributed by atoms with Crippen LogP contribution in [0.15, 0.2) is 6.07 Å². The van der Waals surface area contributed by atoms with E-state index in [0.717, 1.165) is 35.6 Å². The molecule has 2 aliphatic rings. The molecule has 1 N–H and O–H groups in total. The van der Waals surface area contributed by atoms with E-state index in [0.29, 0.717) is 25.0 Å². The van der Waals surface area contributed by atoms with Crippen molar-refractivity contribution in [3.8, 4) is 0 Å². The van der Waals surface area contributed by atoms with Gasteiger partial charge in [0.25, 0.3) is 5.91 Å². The van der Waals surface area contributed by atoms with E-state index in [-0.39, 0.29) is 24.3 Å². The normalized spacial score (nSPS) is 20.2. The number of urea groups is 1. The highest BCUT2D eigenvalue weighted by atomic mass is 16.5. The summed E-state index contributed by atoms with van der Waals surface area (Å²) in [5.74, 6) is -0.461. The molecule has 7 heteroatoms. The number of aryl methyl sites for hydroxylation is 1. The number of hydrogen-bond acceptors (Lipinski definition) is 4. The number of ketones is 1. The van der Waals surface area contributed by atoms with E-state index in [2.05, 4.69) is 9.88 Å². The van der Waals surface area contributed by atoms with Crippen molar-refractivity contribution in [1.82, 2.24) is 14.8 Å². The van der Waals surface area contributed by atoms with Gasteiger partial charge in [-0.15, -0.1) is 0 Å². The van der Waals surface area contributed by atoms with Crippen molar-refractivity contribution in [3.63, 3.8) is 0 Å².